The largest absolute Gasteiger partial charge is 0.493 e. The lowest BCUT2D eigenvalue weighted by molar-refractivity contribution is -0.384. The van der Waals surface area contributed by atoms with Crippen molar-refractivity contribution in [2.45, 2.75) is 0 Å². The molecule has 0 aliphatic heterocycles. The van der Waals surface area contributed by atoms with Crippen molar-refractivity contribution in [3.05, 3.63) is 97.9 Å². The number of carbonyl (C=O) groups is 2. The second-order valence-corrected chi connectivity index (χ2v) is 8.48. The van der Waals surface area contributed by atoms with Crippen molar-refractivity contribution < 1.29 is 24.0 Å². The van der Waals surface area contributed by atoms with Gasteiger partial charge >= 0.3 is 5.97 Å². The lowest BCUT2D eigenvalue weighted by Gasteiger charge is -2.09. The molecular formula is C24H16ClN3O6S. The average Bonchev–Trinajstić information content (AvgIpc) is 3.21. The third-order valence-electron chi connectivity index (χ3n) is 4.81. The van der Waals surface area contributed by atoms with Gasteiger partial charge in [-0.25, -0.2) is 10.2 Å². The zero-order chi connectivity index (χ0) is 24.9. The van der Waals surface area contributed by atoms with Crippen LogP contribution < -0.4 is 14.9 Å². The van der Waals surface area contributed by atoms with Gasteiger partial charge in [0.25, 0.3) is 11.6 Å². The molecule has 1 aromatic heterocycles. The summed E-state index contributed by atoms with van der Waals surface area (Å²) in [6.07, 6.45) is 1.35. The van der Waals surface area contributed by atoms with Gasteiger partial charge in [-0.2, -0.15) is 5.10 Å². The Bertz CT molecular complexity index is 1480. The van der Waals surface area contributed by atoms with Crippen LogP contribution >= 0.6 is 22.9 Å². The Kier molecular flexibility index (Phi) is 7.04. The number of non-ortho nitro benzene ring substituents is 1. The Morgan fingerprint density at radius 2 is 1.89 bits per heavy atom. The average molecular weight is 510 g/mol. The van der Waals surface area contributed by atoms with E-state index in [1.54, 1.807) is 12.1 Å². The van der Waals surface area contributed by atoms with Crippen molar-refractivity contribution in [1.29, 1.82) is 0 Å². The number of rotatable bonds is 7. The van der Waals surface area contributed by atoms with Gasteiger partial charge in [0.05, 0.1) is 23.3 Å². The summed E-state index contributed by atoms with van der Waals surface area (Å²) in [6, 6.07) is 17.4. The number of thiophene rings is 1. The minimum Gasteiger partial charge on any atom is -0.493 e. The Balaban J connectivity index is 1.46. The summed E-state index contributed by atoms with van der Waals surface area (Å²) in [5.74, 6) is -0.767. The number of fused-ring (bicyclic) bond motifs is 1. The molecule has 176 valence electrons. The summed E-state index contributed by atoms with van der Waals surface area (Å²) in [5, 5.41) is 15.8. The van der Waals surface area contributed by atoms with Crippen molar-refractivity contribution >= 4 is 56.8 Å². The third-order valence-corrected chi connectivity index (χ3v) is 6.46. The van der Waals surface area contributed by atoms with Crippen LogP contribution in [0.1, 0.15) is 25.6 Å². The van der Waals surface area contributed by atoms with Crippen molar-refractivity contribution in [2.24, 2.45) is 5.10 Å². The number of hydrogen-bond donors (Lipinski definition) is 1. The van der Waals surface area contributed by atoms with Gasteiger partial charge in [0, 0.05) is 27.8 Å². The minimum atomic E-state index is -0.611. The zero-order valence-electron chi connectivity index (χ0n) is 18.1. The number of hydrazone groups is 1. The van der Waals surface area contributed by atoms with Crippen LogP contribution in [0, 0.1) is 10.1 Å². The van der Waals surface area contributed by atoms with E-state index in [9.17, 15) is 19.7 Å². The lowest BCUT2D eigenvalue weighted by Crippen LogP contribution is -2.17. The number of nitrogens with zero attached hydrogens (tertiary/aromatic N) is 2. The fourth-order valence-corrected chi connectivity index (χ4v) is 4.52. The fourth-order valence-electron chi connectivity index (χ4n) is 3.13. The number of nitro benzene ring substituents is 1. The van der Waals surface area contributed by atoms with E-state index in [1.807, 2.05) is 24.3 Å². The number of halogens is 1. The molecule has 4 rings (SSSR count). The van der Waals surface area contributed by atoms with Crippen LogP contribution in [0.4, 0.5) is 5.69 Å². The van der Waals surface area contributed by atoms with Crippen molar-refractivity contribution in [1.82, 2.24) is 5.43 Å². The lowest BCUT2D eigenvalue weighted by atomic mass is 10.2. The zero-order valence-corrected chi connectivity index (χ0v) is 19.6. The van der Waals surface area contributed by atoms with E-state index in [4.69, 9.17) is 21.1 Å². The fraction of sp³-hybridized carbons (Fsp3) is 0.0417. The number of nitro groups is 1. The predicted molar refractivity (Wildman–Crippen MR) is 133 cm³/mol. The van der Waals surface area contributed by atoms with E-state index in [0.717, 1.165) is 16.2 Å². The van der Waals surface area contributed by atoms with E-state index < -0.39 is 16.8 Å². The summed E-state index contributed by atoms with van der Waals surface area (Å²) in [7, 11) is 1.42. The van der Waals surface area contributed by atoms with Gasteiger partial charge in [-0.1, -0.05) is 35.9 Å². The molecule has 0 aliphatic carbocycles. The molecule has 4 aromatic rings. The number of ether oxygens (including phenoxy) is 2. The molecule has 0 bridgehead atoms. The Labute approximate surface area is 207 Å². The molecule has 0 aliphatic rings. The molecule has 1 amide bonds. The second kappa shape index (κ2) is 10.3. The van der Waals surface area contributed by atoms with E-state index >= 15 is 0 Å². The van der Waals surface area contributed by atoms with E-state index in [0.29, 0.717) is 10.6 Å². The Morgan fingerprint density at radius 3 is 2.63 bits per heavy atom. The van der Waals surface area contributed by atoms with Crippen LogP contribution in [-0.2, 0) is 0 Å². The summed E-state index contributed by atoms with van der Waals surface area (Å²) in [4.78, 5) is 35.5. The number of carbonyl (C=O) groups excluding carboxylic acids is 2. The number of amides is 1. The monoisotopic (exact) mass is 509 g/mol. The number of esters is 1. The highest BCUT2D eigenvalue weighted by atomic mass is 35.5. The van der Waals surface area contributed by atoms with Gasteiger partial charge in [0.1, 0.15) is 4.88 Å². The summed E-state index contributed by atoms with van der Waals surface area (Å²) < 4.78 is 11.7. The highest BCUT2D eigenvalue weighted by Crippen LogP contribution is 2.37. The molecule has 0 spiro atoms. The van der Waals surface area contributed by atoms with Gasteiger partial charge in [-0.15, -0.1) is 11.3 Å². The first-order chi connectivity index (χ1) is 16.9. The van der Waals surface area contributed by atoms with Crippen molar-refractivity contribution in [3.63, 3.8) is 0 Å². The van der Waals surface area contributed by atoms with Crippen LogP contribution in [0.3, 0.4) is 0 Å². The highest BCUT2D eigenvalue weighted by Gasteiger charge is 2.20. The molecule has 9 nitrogen and oxygen atoms in total. The molecular weight excluding hydrogens is 494 g/mol. The second-order valence-electron chi connectivity index (χ2n) is 7.05. The van der Waals surface area contributed by atoms with E-state index in [-0.39, 0.29) is 27.6 Å². The van der Waals surface area contributed by atoms with E-state index in [1.165, 1.54) is 48.9 Å². The van der Waals surface area contributed by atoms with Gasteiger partial charge in [0.15, 0.2) is 11.5 Å². The van der Waals surface area contributed by atoms with E-state index in [2.05, 4.69) is 10.5 Å². The number of hydrogen-bond acceptors (Lipinski definition) is 8. The molecule has 1 heterocycles. The summed E-state index contributed by atoms with van der Waals surface area (Å²) in [6.45, 7) is 0. The van der Waals surface area contributed by atoms with Gasteiger partial charge in [-0.3, -0.25) is 14.9 Å². The Hall–Kier alpha value is -4.28. The first-order valence-corrected chi connectivity index (χ1v) is 11.2. The first-order valence-electron chi connectivity index (χ1n) is 10.0. The van der Waals surface area contributed by atoms with Gasteiger partial charge < -0.3 is 9.47 Å². The molecule has 0 unspecified atom stereocenters. The quantitative estimate of drug-likeness (QED) is 0.116. The molecule has 35 heavy (non-hydrogen) atoms. The molecule has 0 fully saturated rings. The summed E-state index contributed by atoms with van der Waals surface area (Å²) >= 11 is 7.60. The van der Waals surface area contributed by atoms with Gasteiger partial charge in [-0.05, 0) is 35.9 Å². The molecule has 3 aromatic carbocycles. The summed E-state index contributed by atoms with van der Waals surface area (Å²) in [5.41, 5.74) is 2.74. The molecule has 0 saturated heterocycles. The van der Waals surface area contributed by atoms with Crippen LogP contribution in [0.25, 0.3) is 10.1 Å². The third kappa shape index (κ3) is 5.29. The van der Waals surface area contributed by atoms with Crippen molar-refractivity contribution in [2.75, 3.05) is 7.11 Å². The normalized spacial score (nSPS) is 10.9. The predicted octanol–water partition coefficient (Wildman–Crippen LogP) is 5.45. The number of nitrogens with one attached hydrogen (secondary N) is 1. The maximum atomic E-state index is 12.7. The van der Waals surface area contributed by atoms with Gasteiger partial charge in [0.2, 0.25) is 0 Å². The smallest absolute Gasteiger partial charge is 0.355 e. The maximum Gasteiger partial charge on any atom is 0.355 e. The maximum absolute atomic E-state index is 12.7. The molecule has 0 saturated carbocycles. The molecule has 0 radical (unpaired) electrons. The molecule has 11 heteroatoms. The van der Waals surface area contributed by atoms with Crippen LogP contribution in [-0.4, -0.2) is 30.1 Å². The molecule has 0 atom stereocenters. The van der Waals surface area contributed by atoms with Crippen LogP contribution in [0.2, 0.25) is 5.02 Å². The topological polar surface area (TPSA) is 120 Å². The number of methoxy groups -OCH3 is 1. The van der Waals surface area contributed by atoms with Crippen molar-refractivity contribution in [3.8, 4) is 11.5 Å². The van der Waals surface area contributed by atoms with Crippen LogP contribution in [0.15, 0.2) is 71.8 Å². The highest BCUT2D eigenvalue weighted by molar-refractivity contribution is 7.21. The SMILES string of the molecule is COc1cc(C=NNC(=O)c2cccc([N+](=O)[O-])c2)ccc1OC(=O)c1sc2ccccc2c1Cl. The molecule has 1 N–H and O–H groups in total. The Morgan fingerprint density at radius 1 is 1.09 bits per heavy atom. The minimum absolute atomic E-state index is 0.0936. The number of benzene rings is 3. The standard InChI is InChI=1S/C24H16ClN3O6S/c1-33-19-11-14(13-26-27-23(29)15-5-4-6-16(12-15)28(31)32)9-10-18(19)34-24(30)22-21(25)17-7-2-3-8-20(17)35-22/h2-13H,1H3,(H,27,29). The van der Waals surface area contributed by atoms with Crippen LogP contribution in [0.5, 0.6) is 11.5 Å². The first kappa shape index (κ1) is 23.9.